The fraction of sp³-hybridized carbons (Fsp3) is 0.471. The molecule has 2 aliphatic heterocycles. The monoisotopic (exact) mass is 427 g/mol. The van der Waals surface area contributed by atoms with E-state index in [4.69, 9.17) is 9.15 Å². The zero-order valence-corrected chi connectivity index (χ0v) is 15.4. The first kappa shape index (κ1) is 16.6. The smallest absolute Gasteiger partial charge is 0.191 e. The zero-order chi connectivity index (χ0) is 14.9. The fourth-order valence-electron chi connectivity index (χ4n) is 3.45. The van der Waals surface area contributed by atoms with Crippen molar-refractivity contribution in [1.82, 2.24) is 10.6 Å². The Kier molecular flexibility index (Phi) is 5.11. The summed E-state index contributed by atoms with van der Waals surface area (Å²) >= 11 is 0. The molecule has 23 heavy (non-hydrogen) atoms. The predicted molar refractivity (Wildman–Crippen MR) is 101 cm³/mol. The number of halogens is 1. The molecule has 1 aromatic heterocycles. The molecule has 3 unspecified atom stereocenters. The molecule has 5 nitrogen and oxygen atoms in total. The highest BCUT2D eigenvalue weighted by Gasteiger charge is 2.41. The van der Waals surface area contributed by atoms with Crippen LogP contribution in [0.1, 0.15) is 25.0 Å². The van der Waals surface area contributed by atoms with E-state index in [9.17, 15) is 0 Å². The van der Waals surface area contributed by atoms with Gasteiger partial charge in [0.1, 0.15) is 11.3 Å². The van der Waals surface area contributed by atoms with Gasteiger partial charge < -0.3 is 19.8 Å². The van der Waals surface area contributed by atoms with Crippen LogP contribution in [0.3, 0.4) is 0 Å². The minimum Gasteiger partial charge on any atom is -0.459 e. The summed E-state index contributed by atoms with van der Waals surface area (Å²) in [7, 11) is 1.79. The maximum absolute atomic E-state index is 5.87. The molecule has 3 heterocycles. The van der Waals surface area contributed by atoms with Crippen molar-refractivity contribution in [3.8, 4) is 0 Å². The van der Waals surface area contributed by atoms with Crippen molar-refractivity contribution in [2.75, 3.05) is 7.05 Å². The van der Waals surface area contributed by atoms with E-state index in [0.29, 0.717) is 24.8 Å². The molecule has 2 aliphatic rings. The summed E-state index contributed by atoms with van der Waals surface area (Å²) in [6.45, 7) is 0.621. The molecule has 2 N–H and O–H groups in total. The van der Waals surface area contributed by atoms with Gasteiger partial charge in [-0.3, -0.25) is 4.99 Å². The fourth-order valence-corrected chi connectivity index (χ4v) is 3.45. The molecule has 2 saturated heterocycles. The van der Waals surface area contributed by atoms with Crippen LogP contribution in [0.25, 0.3) is 11.0 Å². The minimum atomic E-state index is 0. The van der Waals surface area contributed by atoms with E-state index in [2.05, 4.69) is 27.8 Å². The van der Waals surface area contributed by atoms with E-state index in [-0.39, 0.29) is 24.0 Å². The van der Waals surface area contributed by atoms with Gasteiger partial charge in [0.25, 0.3) is 0 Å². The van der Waals surface area contributed by atoms with E-state index in [1.165, 1.54) is 6.42 Å². The number of fused-ring (bicyclic) bond motifs is 3. The molecule has 0 amide bonds. The van der Waals surface area contributed by atoms with Crippen LogP contribution in [0, 0.1) is 0 Å². The highest BCUT2D eigenvalue weighted by atomic mass is 127. The second-order valence-corrected chi connectivity index (χ2v) is 6.04. The second-order valence-electron chi connectivity index (χ2n) is 6.04. The Morgan fingerprint density at radius 3 is 2.87 bits per heavy atom. The van der Waals surface area contributed by atoms with Gasteiger partial charge in [-0.1, -0.05) is 18.2 Å². The van der Waals surface area contributed by atoms with Crippen molar-refractivity contribution in [3.63, 3.8) is 0 Å². The van der Waals surface area contributed by atoms with Gasteiger partial charge in [0, 0.05) is 12.4 Å². The third kappa shape index (κ3) is 3.47. The zero-order valence-electron chi connectivity index (χ0n) is 13.1. The molecular formula is C17H22IN3O2. The molecule has 1 aromatic carbocycles. The molecule has 0 spiro atoms. The van der Waals surface area contributed by atoms with Gasteiger partial charge in [-0.25, -0.2) is 0 Å². The molecular weight excluding hydrogens is 405 g/mol. The number of ether oxygens (including phenoxy) is 1. The largest absolute Gasteiger partial charge is 0.459 e. The summed E-state index contributed by atoms with van der Waals surface area (Å²) < 4.78 is 11.7. The highest BCUT2D eigenvalue weighted by molar-refractivity contribution is 14.0. The van der Waals surface area contributed by atoms with E-state index in [1.54, 1.807) is 7.05 Å². The number of benzene rings is 1. The summed E-state index contributed by atoms with van der Waals surface area (Å²) in [5.41, 5.74) is 0.920. The number of guanidine groups is 1. The average Bonchev–Trinajstić information content (AvgIpc) is 3.25. The Bertz CT molecular complexity index is 667. The van der Waals surface area contributed by atoms with E-state index in [0.717, 1.165) is 35.5 Å². The summed E-state index contributed by atoms with van der Waals surface area (Å²) in [5.74, 6) is 1.72. The van der Waals surface area contributed by atoms with E-state index >= 15 is 0 Å². The van der Waals surface area contributed by atoms with Crippen LogP contribution in [-0.4, -0.2) is 31.3 Å². The summed E-state index contributed by atoms with van der Waals surface area (Å²) in [5, 5.41) is 7.92. The average molecular weight is 427 g/mol. The van der Waals surface area contributed by atoms with Gasteiger partial charge in [0.15, 0.2) is 5.96 Å². The standard InChI is InChI=1S/C17H21N3O2.HI/c1-18-17(20-14-9-12-6-7-16(14)21-12)19-10-13-8-11-4-2-3-5-15(11)22-13;/h2-5,8,12,14,16H,6-7,9-10H2,1H3,(H2,18,19,20);1H. The lowest BCUT2D eigenvalue weighted by Gasteiger charge is -2.22. The van der Waals surface area contributed by atoms with Gasteiger partial charge in [0.2, 0.25) is 0 Å². The summed E-state index contributed by atoms with van der Waals surface area (Å²) in [6.07, 6.45) is 4.22. The van der Waals surface area contributed by atoms with Crippen molar-refractivity contribution in [1.29, 1.82) is 0 Å². The number of aliphatic imine (C=N–C) groups is 1. The van der Waals surface area contributed by atoms with Gasteiger partial charge >= 0.3 is 0 Å². The molecule has 3 atom stereocenters. The Hall–Kier alpha value is -1.28. The maximum Gasteiger partial charge on any atom is 0.191 e. The molecule has 2 fully saturated rings. The van der Waals surface area contributed by atoms with Crippen LogP contribution in [0.5, 0.6) is 0 Å². The second kappa shape index (κ2) is 7.09. The van der Waals surface area contributed by atoms with Crippen LogP contribution in [0.4, 0.5) is 0 Å². The Balaban J connectivity index is 0.00000156. The number of para-hydroxylation sites is 1. The summed E-state index contributed by atoms with van der Waals surface area (Å²) in [6, 6.07) is 10.5. The topological polar surface area (TPSA) is 58.8 Å². The Morgan fingerprint density at radius 2 is 2.17 bits per heavy atom. The third-order valence-electron chi connectivity index (χ3n) is 4.56. The maximum atomic E-state index is 5.87. The van der Waals surface area contributed by atoms with Crippen LogP contribution >= 0.6 is 24.0 Å². The molecule has 2 aromatic rings. The first-order valence-corrected chi connectivity index (χ1v) is 7.92. The quantitative estimate of drug-likeness (QED) is 0.449. The lowest BCUT2D eigenvalue weighted by molar-refractivity contribution is 0.0992. The van der Waals surface area contributed by atoms with Crippen molar-refractivity contribution in [3.05, 3.63) is 36.1 Å². The van der Waals surface area contributed by atoms with Crippen LogP contribution in [0.2, 0.25) is 0 Å². The normalized spacial score (nSPS) is 26.3. The van der Waals surface area contributed by atoms with Crippen molar-refractivity contribution >= 4 is 40.9 Å². The molecule has 0 saturated carbocycles. The summed E-state index contributed by atoms with van der Waals surface area (Å²) in [4.78, 5) is 4.30. The van der Waals surface area contributed by atoms with Crippen LogP contribution in [0.15, 0.2) is 39.7 Å². The van der Waals surface area contributed by atoms with Crippen molar-refractivity contribution < 1.29 is 9.15 Å². The predicted octanol–water partition coefficient (Wildman–Crippen LogP) is 3.04. The molecule has 0 radical (unpaired) electrons. The highest BCUT2D eigenvalue weighted by Crippen LogP contribution is 2.34. The number of furan rings is 1. The first-order valence-electron chi connectivity index (χ1n) is 7.92. The molecule has 124 valence electrons. The van der Waals surface area contributed by atoms with Gasteiger partial charge in [-0.15, -0.1) is 24.0 Å². The number of nitrogens with one attached hydrogen (secondary N) is 2. The molecule has 0 aliphatic carbocycles. The van der Waals surface area contributed by atoms with Gasteiger partial charge in [-0.2, -0.15) is 0 Å². The Labute approximate surface area is 152 Å². The Morgan fingerprint density at radius 1 is 1.30 bits per heavy atom. The van der Waals surface area contributed by atoms with Gasteiger partial charge in [0.05, 0.1) is 24.8 Å². The number of nitrogens with zero attached hydrogens (tertiary/aromatic N) is 1. The molecule has 2 bridgehead atoms. The van der Waals surface area contributed by atoms with Crippen molar-refractivity contribution in [2.24, 2.45) is 4.99 Å². The third-order valence-corrected chi connectivity index (χ3v) is 4.56. The van der Waals surface area contributed by atoms with Crippen LogP contribution in [-0.2, 0) is 11.3 Å². The van der Waals surface area contributed by atoms with E-state index < -0.39 is 0 Å². The molecule has 4 rings (SSSR count). The number of hydrogen-bond donors (Lipinski definition) is 2. The number of hydrogen-bond acceptors (Lipinski definition) is 3. The van der Waals surface area contributed by atoms with E-state index in [1.807, 2.05) is 18.2 Å². The number of rotatable bonds is 3. The van der Waals surface area contributed by atoms with Crippen molar-refractivity contribution in [2.45, 2.75) is 44.1 Å². The first-order chi connectivity index (χ1) is 10.8. The molecule has 6 heteroatoms. The lowest BCUT2D eigenvalue weighted by Crippen LogP contribution is -2.47. The van der Waals surface area contributed by atoms with Crippen LogP contribution < -0.4 is 10.6 Å². The van der Waals surface area contributed by atoms with Gasteiger partial charge in [-0.05, 0) is 31.4 Å². The minimum absolute atomic E-state index is 0. The lowest BCUT2D eigenvalue weighted by atomic mass is 9.96. The SMILES string of the molecule is CN=C(NCc1cc2ccccc2o1)NC1CC2CCC1O2.I.